The average Bonchev–Trinajstić information content (AvgIpc) is 1.95. The van der Waals surface area contributed by atoms with Crippen LogP contribution in [0.15, 0.2) is 0 Å². The molecule has 1 spiro atoms. The molecule has 0 aromatic heterocycles. The van der Waals surface area contributed by atoms with Gasteiger partial charge in [0.05, 0.1) is 6.54 Å². The number of carbonyl (C=O) groups is 1. The molecule has 1 saturated carbocycles. The van der Waals surface area contributed by atoms with Crippen LogP contribution in [-0.2, 0) is 4.79 Å². The normalized spacial score (nSPS) is 25.1. The van der Waals surface area contributed by atoms with Gasteiger partial charge in [-0.1, -0.05) is 0 Å². The fourth-order valence-corrected chi connectivity index (χ4v) is 2.47. The van der Waals surface area contributed by atoms with Gasteiger partial charge in [0.2, 0.25) is 11.8 Å². The number of carbonyl (C=O) groups excluding carboxylic acids is 1. The van der Waals surface area contributed by atoms with Gasteiger partial charge < -0.3 is 10.2 Å². The van der Waals surface area contributed by atoms with E-state index in [1.165, 1.54) is 0 Å². The van der Waals surface area contributed by atoms with Crippen molar-refractivity contribution in [1.82, 2.24) is 10.2 Å². The molecule has 88 valence electrons. The van der Waals surface area contributed by atoms with Crippen molar-refractivity contribution >= 4 is 18.3 Å². The van der Waals surface area contributed by atoms with Gasteiger partial charge in [0, 0.05) is 31.3 Å². The molecule has 2 aliphatic rings. The second-order valence-electron chi connectivity index (χ2n) is 4.49. The van der Waals surface area contributed by atoms with Crippen LogP contribution in [0, 0.1) is 5.41 Å². The van der Waals surface area contributed by atoms with E-state index in [2.05, 4.69) is 5.32 Å². The quantitative estimate of drug-likeness (QED) is 0.778. The molecule has 0 aromatic carbocycles. The van der Waals surface area contributed by atoms with Gasteiger partial charge in [-0.05, 0) is 7.05 Å². The highest BCUT2D eigenvalue weighted by molar-refractivity contribution is 5.85. The monoisotopic (exact) mass is 240 g/mol. The number of amides is 1. The summed E-state index contributed by atoms with van der Waals surface area (Å²) in [6, 6.07) is 0. The largest absolute Gasteiger partial charge is 0.340 e. The van der Waals surface area contributed by atoms with E-state index in [0.717, 1.165) is 0 Å². The van der Waals surface area contributed by atoms with Crippen molar-refractivity contribution in [2.75, 3.05) is 26.7 Å². The number of likely N-dealkylation sites (N-methyl/N-ethyl adjacent to an activating group) is 1. The first-order valence-corrected chi connectivity index (χ1v) is 4.77. The van der Waals surface area contributed by atoms with Gasteiger partial charge >= 0.3 is 0 Å². The molecule has 1 aliphatic heterocycles. The van der Waals surface area contributed by atoms with Gasteiger partial charge in [-0.2, -0.15) is 0 Å². The molecule has 1 N–H and O–H groups in total. The zero-order valence-electron chi connectivity index (χ0n) is 8.56. The minimum Gasteiger partial charge on any atom is -0.340 e. The molecular weight excluding hydrogens is 226 g/mol. The molecule has 0 bridgehead atoms. The molecular formula is C9H15ClF2N2O. The van der Waals surface area contributed by atoms with E-state index in [-0.39, 0.29) is 36.6 Å². The maximum absolute atomic E-state index is 12.6. The first kappa shape index (κ1) is 12.6. The summed E-state index contributed by atoms with van der Waals surface area (Å²) in [4.78, 5) is 12.9. The first-order chi connectivity index (χ1) is 6.46. The van der Waals surface area contributed by atoms with E-state index in [0.29, 0.717) is 19.6 Å². The third-order valence-electron chi connectivity index (χ3n) is 3.00. The lowest BCUT2D eigenvalue weighted by Gasteiger charge is -2.58. The third kappa shape index (κ3) is 2.23. The Labute approximate surface area is 93.6 Å². The summed E-state index contributed by atoms with van der Waals surface area (Å²) in [5, 5.41) is 2.76. The van der Waals surface area contributed by atoms with Gasteiger partial charge in [-0.3, -0.25) is 4.79 Å². The van der Waals surface area contributed by atoms with Gasteiger partial charge in [0.1, 0.15) is 0 Å². The molecule has 3 nitrogen and oxygen atoms in total. The standard InChI is InChI=1S/C9H14F2N2O.ClH/c1-12-2-7(14)13-5-8(6-13)3-9(10,11)4-8;/h12H,2-6H2,1H3;1H. The zero-order valence-corrected chi connectivity index (χ0v) is 9.37. The molecule has 2 fully saturated rings. The highest BCUT2D eigenvalue weighted by Gasteiger charge is 2.62. The number of hydrogen-bond acceptors (Lipinski definition) is 2. The van der Waals surface area contributed by atoms with Gasteiger partial charge in [0.25, 0.3) is 0 Å². The topological polar surface area (TPSA) is 32.3 Å². The second kappa shape index (κ2) is 3.87. The number of hydrogen-bond donors (Lipinski definition) is 1. The molecule has 15 heavy (non-hydrogen) atoms. The van der Waals surface area contributed by atoms with Crippen LogP contribution in [0.2, 0.25) is 0 Å². The van der Waals surface area contributed by atoms with Crippen molar-refractivity contribution in [2.45, 2.75) is 18.8 Å². The summed E-state index contributed by atoms with van der Waals surface area (Å²) < 4.78 is 25.2. The molecule has 6 heteroatoms. The van der Waals surface area contributed by atoms with Crippen LogP contribution in [0.5, 0.6) is 0 Å². The van der Waals surface area contributed by atoms with Gasteiger partial charge in [-0.15, -0.1) is 12.4 Å². The number of halogens is 3. The summed E-state index contributed by atoms with van der Waals surface area (Å²) in [5.41, 5.74) is -0.243. The van der Waals surface area contributed by atoms with E-state index in [9.17, 15) is 13.6 Å². The predicted octanol–water partition coefficient (Wildman–Crippen LogP) is 0.885. The Balaban J connectivity index is 0.00000112. The number of alkyl halides is 2. The lowest BCUT2D eigenvalue weighted by Crippen LogP contribution is -2.67. The van der Waals surface area contributed by atoms with E-state index >= 15 is 0 Å². The number of nitrogens with zero attached hydrogens (tertiary/aromatic N) is 1. The molecule has 1 saturated heterocycles. The third-order valence-corrected chi connectivity index (χ3v) is 3.00. The van der Waals surface area contributed by atoms with Crippen LogP contribution in [0.4, 0.5) is 8.78 Å². The van der Waals surface area contributed by atoms with Crippen LogP contribution in [0.25, 0.3) is 0 Å². The van der Waals surface area contributed by atoms with Crippen molar-refractivity contribution in [3.8, 4) is 0 Å². The molecule has 0 radical (unpaired) electrons. The minimum atomic E-state index is -2.47. The molecule has 0 unspecified atom stereocenters. The average molecular weight is 241 g/mol. The summed E-state index contributed by atoms with van der Waals surface area (Å²) in [6.07, 6.45) is -0.0767. The van der Waals surface area contributed by atoms with Crippen LogP contribution in [0.3, 0.4) is 0 Å². The fourth-order valence-electron chi connectivity index (χ4n) is 2.47. The Kier molecular flexibility index (Phi) is 3.26. The Bertz CT molecular complexity index is 257. The number of nitrogens with one attached hydrogen (secondary N) is 1. The van der Waals surface area contributed by atoms with E-state index < -0.39 is 5.92 Å². The first-order valence-electron chi connectivity index (χ1n) is 4.77. The van der Waals surface area contributed by atoms with Gasteiger partial charge in [0.15, 0.2) is 0 Å². The van der Waals surface area contributed by atoms with Gasteiger partial charge in [-0.25, -0.2) is 8.78 Å². The SMILES string of the molecule is CNCC(=O)N1CC2(C1)CC(F)(F)C2.Cl. The number of rotatable bonds is 2. The van der Waals surface area contributed by atoms with E-state index in [4.69, 9.17) is 0 Å². The van der Waals surface area contributed by atoms with Crippen LogP contribution >= 0.6 is 12.4 Å². The van der Waals surface area contributed by atoms with E-state index in [1.807, 2.05) is 0 Å². The Morgan fingerprint density at radius 3 is 2.33 bits per heavy atom. The Morgan fingerprint density at radius 1 is 1.40 bits per heavy atom. The van der Waals surface area contributed by atoms with E-state index in [1.54, 1.807) is 11.9 Å². The fraction of sp³-hybridized carbons (Fsp3) is 0.889. The smallest absolute Gasteiger partial charge is 0.249 e. The number of likely N-dealkylation sites (tertiary alicyclic amines) is 1. The summed E-state index contributed by atoms with van der Waals surface area (Å²) in [5.74, 6) is -2.47. The maximum Gasteiger partial charge on any atom is 0.249 e. The highest BCUT2D eigenvalue weighted by atomic mass is 35.5. The maximum atomic E-state index is 12.6. The zero-order chi connectivity index (χ0) is 10.4. The molecule has 0 aromatic rings. The van der Waals surface area contributed by atoms with Crippen molar-refractivity contribution < 1.29 is 13.6 Å². The lowest BCUT2D eigenvalue weighted by molar-refractivity contribution is -0.214. The molecule has 2 rings (SSSR count). The van der Waals surface area contributed by atoms with Crippen LogP contribution in [-0.4, -0.2) is 43.4 Å². The highest BCUT2D eigenvalue weighted by Crippen LogP contribution is 2.56. The predicted molar refractivity (Wildman–Crippen MR) is 54.4 cm³/mol. The lowest BCUT2D eigenvalue weighted by atomic mass is 9.61. The molecule has 1 heterocycles. The minimum absolute atomic E-state index is 0. The molecule has 0 atom stereocenters. The van der Waals surface area contributed by atoms with Crippen molar-refractivity contribution in [2.24, 2.45) is 5.41 Å². The second-order valence-corrected chi connectivity index (χ2v) is 4.49. The molecule has 1 amide bonds. The van der Waals surface area contributed by atoms with Crippen molar-refractivity contribution in [3.05, 3.63) is 0 Å². The summed E-state index contributed by atoms with van der Waals surface area (Å²) in [6.45, 7) is 1.33. The van der Waals surface area contributed by atoms with Crippen molar-refractivity contribution in [1.29, 1.82) is 0 Å². The molecule has 1 aliphatic carbocycles. The summed E-state index contributed by atoms with van der Waals surface area (Å²) in [7, 11) is 1.70. The van der Waals surface area contributed by atoms with Crippen molar-refractivity contribution in [3.63, 3.8) is 0 Å². The Morgan fingerprint density at radius 2 is 1.93 bits per heavy atom. The van der Waals surface area contributed by atoms with Crippen LogP contribution in [0.1, 0.15) is 12.8 Å². The summed E-state index contributed by atoms with van der Waals surface area (Å²) >= 11 is 0. The van der Waals surface area contributed by atoms with Crippen LogP contribution < -0.4 is 5.32 Å². The Hall–Kier alpha value is -0.420.